The van der Waals surface area contributed by atoms with E-state index in [1.807, 2.05) is 13.0 Å². The maximum Gasteiger partial charge on any atom is 0.357 e. The zero-order chi connectivity index (χ0) is 9.26. The quantitative estimate of drug-likeness (QED) is 0.645. The van der Waals surface area contributed by atoms with E-state index >= 15 is 0 Å². The first-order valence-electron chi connectivity index (χ1n) is 4.39. The molecule has 0 atom stereocenters. The third kappa shape index (κ3) is 2.05. The van der Waals surface area contributed by atoms with E-state index in [4.69, 9.17) is 4.74 Å². The summed E-state index contributed by atoms with van der Waals surface area (Å²) in [6, 6.07) is 3.55. The third-order valence-electron chi connectivity index (χ3n) is 1.92. The van der Waals surface area contributed by atoms with E-state index in [1.54, 1.807) is 12.3 Å². The Hall–Kier alpha value is -1.38. The number of rotatable bonds is 2. The number of nitrogens with zero attached hydrogens (tertiary/aromatic N) is 1. The second-order valence-electron chi connectivity index (χ2n) is 3.33. The summed E-state index contributed by atoms with van der Waals surface area (Å²) in [7, 11) is 0. The average molecular weight is 177 g/mol. The molecular formula is C10H11NO2. The van der Waals surface area contributed by atoms with Crippen molar-refractivity contribution in [1.82, 2.24) is 4.98 Å². The van der Waals surface area contributed by atoms with Gasteiger partial charge < -0.3 is 4.74 Å². The summed E-state index contributed by atoms with van der Waals surface area (Å²) in [5.74, 6) is -0.303. The second kappa shape index (κ2) is 3.17. The SMILES string of the molecule is Cc1ccc(C(=O)OC2CC2)nc1. The Morgan fingerprint density at radius 1 is 1.54 bits per heavy atom. The van der Waals surface area contributed by atoms with Crippen LogP contribution in [-0.2, 0) is 4.74 Å². The first-order chi connectivity index (χ1) is 6.25. The van der Waals surface area contributed by atoms with Crippen molar-refractivity contribution in [2.75, 3.05) is 0 Å². The second-order valence-corrected chi connectivity index (χ2v) is 3.33. The highest BCUT2D eigenvalue weighted by atomic mass is 16.5. The van der Waals surface area contributed by atoms with Gasteiger partial charge in [0.25, 0.3) is 0 Å². The van der Waals surface area contributed by atoms with Crippen molar-refractivity contribution in [3.05, 3.63) is 29.6 Å². The zero-order valence-corrected chi connectivity index (χ0v) is 7.49. The molecule has 3 heteroatoms. The van der Waals surface area contributed by atoms with Gasteiger partial charge in [-0.05, 0) is 31.4 Å². The Kier molecular flexibility index (Phi) is 2.00. The van der Waals surface area contributed by atoms with Gasteiger partial charge in [0.15, 0.2) is 0 Å². The monoisotopic (exact) mass is 177 g/mol. The maximum absolute atomic E-state index is 11.3. The number of hydrogen-bond donors (Lipinski definition) is 0. The lowest BCUT2D eigenvalue weighted by molar-refractivity contribution is 0.0465. The van der Waals surface area contributed by atoms with Gasteiger partial charge in [0.05, 0.1) is 0 Å². The molecule has 0 N–H and O–H groups in total. The van der Waals surface area contributed by atoms with Crippen LogP contribution in [0.15, 0.2) is 18.3 Å². The van der Waals surface area contributed by atoms with Crippen molar-refractivity contribution in [3.8, 4) is 0 Å². The lowest BCUT2D eigenvalue weighted by atomic mass is 10.3. The first-order valence-corrected chi connectivity index (χ1v) is 4.39. The first kappa shape index (κ1) is 8.23. The van der Waals surface area contributed by atoms with Crippen molar-refractivity contribution >= 4 is 5.97 Å². The molecule has 1 saturated carbocycles. The largest absolute Gasteiger partial charge is 0.458 e. The fourth-order valence-corrected chi connectivity index (χ4v) is 0.986. The summed E-state index contributed by atoms with van der Waals surface area (Å²) in [5.41, 5.74) is 1.44. The molecule has 0 spiro atoms. The molecule has 0 bridgehead atoms. The predicted molar refractivity (Wildman–Crippen MR) is 47.4 cm³/mol. The number of hydrogen-bond acceptors (Lipinski definition) is 3. The van der Waals surface area contributed by atoms with E-state index in [9.17, 15) is 4.79 Å². The Balaban J connectivity index is 2.05. The number of pyridine rings is 1. The molecule has 1 heterocycles. The molecule has 0 aromatic carbocycles. The molecule has 1 aromatic rings. The molecule has 0 aliphatic heterocycles. The van der Waals surface area contributed by atoms with Crippen molar-refractivity contribution in [1.29, 1.82) is 0 Å². The van der Waals surface area contributed by atoms with Crippen LogP contribution in [0, 0.1) is 6.92 Å². The van der Waals surface area contributed by atoms with Crippen LogP contribution in [-0.4, -0.2) is 17.1 Å². The van der Waals surface area contributed by atoms with Crippen LogP contribution < -0.4 is 0 Å². The van der Waals surface area contributed by atoms with Gasteiger partial charge in [-0.3, -0.25) is 0 Å². The van der Waals surface area contributed by atoms with Crippen LogP contribution in [0.5, 0.6) is 0 Å². The van der Waals surface area contributed by atoms with Crippen LogP contribution >= 0.6 is 0 Å². The molecule has 0 amide bonds. The molecule has 1 fully saturated rings. The fraction of sp³-hybridized carbons (Fsp3) is 0.400. The van der Waals surface area contributed by atoms with Gasteiger partial charge in [-0.15, -0.1) is 0 Å². The Bertz CT molecular complexity index is 314. The third-order valence-corrected chi connectivity index (χ3v) is 1.92. The molecule has 1 aliphatic rings. The summed E-state index contributed by atoms with van der Waals surface area (Å²) in [5, 5.41) is 0. The van der Waals surface area contributed by atoms with Crippen LogP contribution in [0.4, 0.5) is 0 Å². The molecule has 1 aromatic heterocycles. The average Bonchev–Trinajstić information content (AvgIpc) is 2.89. The van der Waals surface area contributed by atoms with Crippen molar-refractivity contribution in [2.24, 2.45) is 0 Å². The van der Waals surface area contributed by atoms with E-state index in [0.717, 1.165) is 18.4 Å². The summed E-state index contributed by atoms with van der Waals surface area (Å²) >= 11 is 0. The molecule has 68 valence electrons. The molecule has 13 heavy (non-hydrogen) atoms. The number of ether oxygens (including phenoxy) is 1. The molecule has 3 nitrogen and oxygen atoms in total. The van der Waals surface area contributed by atoms with Crippen LogP contribution in [0.1, 0.15) is 28.9 Å². The van der Waals surface area contributed by atoms with E-state index in [-0.39, 0.29) is 12.1 Å². The molecule has 0 saturated heterocycles. The number of carbonyl (C=O) groups is 1. The molecule has 1 aliphatic carbocycles. The molecule has 0 unspecified atom stereocenters. The zero-order valence-electron chi connectivity index (χ0n) is 7.49. The topological polar surface area (TPSA) is 39.2 Å². The minimum Gasteiger partial charge on any atom is -0.458 e. The molecule has 0 radical (unpaired) electrons. The Morgan fingerprint density at radius 3 is 2.85 bits per heavy atom. The number of aryl methyl sites for hydroxylation is 1. The van der Waals surface area contributed by atoms with Gasteiger partial charge in [0.1, 0.15) is 11.8 Å². The molecular weight excluding hydrogens is 166 g/mol. The highest BCUT2D eigenvalue weighted by Crippen LogP contribution is 2.24. The van der Waals surface area contributed by atoms with Crippen LogP contribution in [0.25, 0.3) is 0 Å². The highest BCUT2D eigenvalue weighted by Gasteiger charge is 2.26. The number of carbonyl (C=O) groups excluding carboxylic acids is 1. The van der Waals surface area contributed by atoms with Gasteiger partial charge >= 0.3 is 5.97 Å². The number of esters is 1. The van der Waals surface area contributed by atoms with E-state index < -0.39 is 0 Å². The Morgan fingerprint density at radius 2 is 2.31 bits per heavy atom. The maximum atomic E-state index is 11.3. The van der Waals surface area contributed by atoms with Gasteiger partial charge in [-0.1, -0.05) is 6.07 Å². The lowest BCUT2D eigenvalue weighted by Crippen LogP contribution is -2.08. The normalized spacial score (nSPS) is 15.5. The summed E-state index contributed by atoms with van der Waals surface area (Å²) in [4.78, 5) is 15.3. The summed E-state index contributed by atoms with van der Waals surface area (Å²) in [6.07, 6.45) is 3.81. The minimum absolute atomic E-state index is 0.149. The van der Waals surface area contributed by atoms with Crippen molar-refractivity contribution < 1.29 is 9.53 Å². The fourth-order valence-electron chi connectivity index (χ4n) is 0.986. The smallest absolute Gasteiger partial charge is 0.357 e. The number of aromatic nitrogens is 1. The van der Waals surface area contributed by atoms with Crippen molar-refractivity contribution in [2.45, 2.75) is 25.9 Å². The summed E-state index contributed by atoms with van der Waals surface area (Å²) < 4.78 is 5.09. The minimum atomic E-state index is -0.303. The Labute approximate surface area is 76.7 Å². The highest BCUT2D eigenvalue weighted by molar-refractivity contribution is 5.87. The van der Waals surface area contributed by atoms with Gasteiger partial charge in [-0.25, -0.2) is 9.78 Å². The van der Waals surface area contributed by atoms with E-state index in [2.05, 4.69) is 4.98 Å². The molecule has 2 rings (SSSR count). The van der Waals surface area contributed by atoms with E-state index in [1.165, 1.54) is 0 Å². The standard InChI is InChI=1S/C10H11NO2/c1-7-2-5-9(11-6-7)10(12)13-8-3-4-8/h2,5-6,8H,3-4H2,1H3. The van der Waals surface area contributed by atoms with Crippen LogP contribution in [0.2, 0.25) is 0 Å². The predicted octanol–water partition coefficient (Wildman–Crippen LogP) is 1.71. The van der Waals surface area contributed by atoms with Gasteiger partial charge in [-0.2, -0.15) is 0 Å². The van der Waals surface area contributed by atoms with E-state index in [0.29, 0.717) is 5.69 Å². The van der Waals surface area contributed by atoms with Crippen molar-refractivity contribution in [3.63, 3.8) is 0 Å². The lowest BCUT2D eigenvalue weighted by Gasteiger charge is -2.01. The van der Waals surface area contributed by atoms with Gasteiger partial charge in [0, 0.05) is 6.20 Å². The summed E-state index contributed by atoms with van der Waals surface area (Å²) in [6.45, 7) is 1.93. The van der Waals surface area contributed by atoms with Crippen LogP contribution in [0.3, 0.4) is 0 Å². The van der Waals surface area contributed by atoms with Gasteiger partial charge in [0.2, 0.25) is 0 Å².